The first-order valence-corrected chi connectivity index (χ1v) is 9.14. The van der Waals surface area contributed by atoms with Crippen molar-refractivity contribution in [3.63, 3.8) is 0 Å². The van der Waals surface area contributed by atoms with Crippen LogP contribution in [0.3, 0.4) is 0 Å². The minimum atomic E-state index is -1.79. The van der Waals surface area contributed by atoms with Gasteiger partial charge in [-0.1, -0.05) is 32.4 Å². The van der Waals surface area contributed by atoms with Gasteiger partial charge in [-0.15, -0.1) is 0 Å². The van der Waals surface area contributed by atoms with Crippen molar-refractivity contribution in [1.29, 1.82) is 0 Å². The lowest BCUT2D eigenvalue weighted by Crippen LogP contribution is -2.46. The van der Waals surface area contributed by atoms with Crippen molar-refractivity contribution >= 4 is 18.2 Å². The van der Waals surface area contributed by atoms with E-state index in [1.54, 1.807) is 0 Å². The maximum absolute atomic E-state index is 10.9. The minimum Gasteiger partial charge on any atom is -0.435 e. The van der Waals surface area contributed by atoms with E-state index >= 15 is 0 Å². The molecule has 0 rings (SSSR count). The van der Waals surface area contributed by atoms with Gasteiger partial charge in [-0.25, -0.2) is 0 Å². The molecule has 0 aliphatic rings. The largest absolute Gasteiger partial charge is 0.435 e. The minimum absolute atomic E-state index is 0.0258. The SMILES string of the molecule is C=COC(=O)CCCCCCCC(=O)OC=C.O=CC(O)C(O)C(O)C(O)CO. The number of rotatable bonds is 15. The van der Waals surface area contributed by atoms with Gasteiger partial charge in [-0.05, 0) is 12.8 Å². The average molecular weight is 420 g/mol. The number of hydrogen-bond donors (Lipinski definition) is 5. The third kappa shape index (κ3) is 16.5. The lowest BCUT2D eigenvalue weighted by Gasteiger charge is -2.22. The zero-order chi connectivity index (χ0) is 22.7. The molecule has 0 bridgehead atoms. The van der Waals surface area contributed by atoms with Crippen molar-refractivity contribution in [1.82, 2.24) is 0 Å². The monoisotopic (exact) mass is 420 g/mol. The molecule has 0 aliphatic carbocycles. The molecule has 29 heavy (non-hydrogen) atoms. The summed E-state index contributed by atoms with van der Waals surface area (Å²) in [5.74, 6) is -0.482. The van der Waals surface area contributed by atoms with E-state index in [4.69, 9.17) is 25.5 Å². The molecule has 0 amide bonds. The number of esters is 2. The van der Waals surface area contributed by atoms with E-state index < -0.39 is 31.0 Å². The molecule has 0 fully saturated rings. The van der Waals surface area contributed by atoms with Gasteiger partial charge in [0.15, 0.2) is 6.29 Å². The van der Waals surface area contributed by atoms with Crippen LogP contribution in [0.15, 0.2) is 25.7 Å². The second kappa shape index (κ2) is 19.2. The van der Waals surface area contributed by atoms with Crippen molar-refractivity contribution in [2.75, 3.05) is 6.61 Å². The quantitative estimate of drug-likeness (QED) is 0.103. The summed E-state index contributed by atoms with van der Waals surface area (Å²) in [5.41, 5.74) is 0. The fourth-order valence-corrected chi connectivity index (χ4v) is 1.99. The molecular weight excluding hydrogens is 388 g/mol. The summed E-state index contributed by atoms with van der Waals surface area (Å²) >= 11 is 0. The number of aliphatic hydroxyl groups excluding tert-OH is 5. The first-order chi connectivity index (χ1) is 13.7. The summed E-state index contributed by atoms with van der Waals surface area (Å²) in [4.78, 5) is 31.8. The second-order valence-corrected chi connectivity index (χ2v) is 5.94. The average Bonchev–Trinajstić information content (AvgIpc) is 2.71. The van der Waals surface area contributed by atoms with Gasteiger partial charge in [-0.2, -0.15) is 0 Å². The Morgan fingerprint density at radius 1 is 0.793 bits per heavy atom. The summed E-state index contributed by atoms with van der Waals surface area (Å²) in [7, 11) is 0. The van der Waals surface area contributed by atoms with Crippen LogP contribution in [-0.4, -0.2) is 74.8 Å². The predicted molar refractivity (Wildman–Crippen MR) is 102 cm³/mol. The van der Waals surface area contributed by atoms with Gasteiger partial charge >= 0.3 is 11.9 Å². The Morgan fingerprint density at radius 2 is 1.21 bits per heavy atom. The Balaban J connectivity index is 0. The molecule has 4 atom stereocenters. The predicted octanol–water partition coefficient (Wildman–Crippen LogP) is -0.288. The van der Waals surface area contributed by atoms with Crippen LogP contribution in [0.4, 0.5) is 0 Å². The molecular formula is C19H32O10. The highest BCUT2D eigenvalue weighted by Gasteiger charge is 2.29. The molecule has 5 N–H and O–H groups in total. The van der Waals surface area contributed by atoms with E-state index in [1.165, 1.54) is 0 Å². The summed E-state index contributed by atoms with van der Waals surface area (Å²) in [5, 5.41) is 43.5. The van der Waals surface area contributed by atoms with Gasteiger partial charge in [0.05, 0.1) is 19.1 Å². The fraction of sp³-hybridized carbons (Fsp3) is 0.632. The van der Waals surface area contributed by atoms with E-state index in [9.17, 15) is 14.4 Å². The third-order valence-corrected chi connectivity index (χ3v) is 3.61. The van der Waals surface area contributed by atoms with Gasteiger partial charge in [-0.3, -0.25) is 9.59 Å². The number of aldehydes is 1. The Kier molecular flexibility index (Phi) is 19.3. The number of unbranched alkanes of at least 4 members (excludes halogenated alkanes) is 4. The Hall–Kier alpha value is -2.11. The zero-order valence-corrected chi connectivity index (χ0v) is 16.4. The van der Waals surface area contributed by atoms with E-state index in [2.05, 4.69) is 22.6 Å². The number of ether oxygens (including phenoxy) is 2. The molecule has 0 heterocycles. The molecule has 0 spiro atoms. The van der Waals surface area contributed by atoms with Crippen LogP contribution < -0.4 is 0 Å². The van der Waals surface area contributed by atoms with E-state index in [0.29, 0.717) is 12.8 Å². The zero-order valence-electron chi connectivity index (χ0n) is 16.4. The summed E-state index contributed by atoms with van der Waals surface area (Å²) in [6.45, 7) is 5.85. The third-order valence-electron chi connectivity index (χ3n) is 3.61. The highest BCUT2D eigenvalue weighted by molar-refractivity contribution is 5.70. The van der Waals surface area contributed by atoms with Crippen LogP contribution in [0, 0.1) is 0 Å². The standard InChI is InChI=1S/C13H20O4.C6H12O6/c1-3-16-12(14)10-8-6-5-7-9-11-13(15)17-4-2;7-1-3(9)5(11)6(12)4(10)2-8/h3-4H,1-2,5-11H2;1,3-6,8-12H,2H2. The molecule has 0 aromatic heterocycles. The number of carbonyl (C=O) groups excluding carboxylic acids is 3. The molecule has 4 unspecified atom stereocenters. The molecule has 0 aromatic rings. The van der Waals surface area contributed by atoms with Crippen LogP contribution in [0.25, 0.3) is 0 Å². The van der Waals surface area contributed by atoms with Crippen molar-refractivity contribution < 1.29 is 49.4 Å². The topological polar surface area (TPSA) is 171 Å². The second-order valence-electron chi connectivity index (χ2n) is 5.94. The van der Waals surface area contributed by atoms with Crippen molar-refractivity contribution in [2.45, 2.75) is 69.4 Å². The summed E-state index contributed by atoms with van der Waals surface area (Å²) in [6.07, 6.45) is 0.839. The van der Waals surface area contributed by atoms with E-state index in [0.717, 1.165) is 44.6 Å². The van der Waals surface area contributed by atoms with Crippen LogP contribution >= 0.6 is 0 Å². The smallest absolute Gasteiger partial charge is 0.310 e. The van der Waals surface area contributed by atoms with Crippen molar-refractivity contribution in [2.24, 2.45) is 0 Å². The van der Waals surface area contributed by atoms with Gasteiger partial charge in [0.25, 0.3) is 0 Å². The number of aliphatic hydroxyl groups is 5. The number of carbonyl (C=O) groups is 3. The Morgan fingerprint density at radius 3 is 1.55 bits per heavy atom. The Labute approximate surface area is 170 Å². The van der Waals surface area contributed by atoms with Gasteiger partial charge in [0.2, 0.25) is 0 Å². The molecule has 168 valence electrons. The lowest BCUT2D eigenvalue weighted by molar-refractivity contribution is -0.138. The maximum atomic E-state index is 10.9. The normalized spacial score (nSPS) is 14.2. The fourth-order valence-electron chi connectivity index (χ4n) is 1.99. The molecule has 0 radical (unpaired) electrons. The van der Waals surface area contributed by atoms with E-state index in [-0.39, 0.29) is 18.2 Å². The van der Waals surface area contributed by atoms with Crippen LogP contribution in [-0.2, 0) is 23.9 Å². The molecule has 10 heteroatoms. The highest BCUT2D eigenvalue weighted by atomic mass is 16.5. The van der Waals surface area contributed by atoms with Crippen molar-refractivity contribution in [3.8, 4) is 0 Å². The molecule has 10 nitrogen and oxygen atoms in total. The molecule has 0 aromatic carbocycles. The van der Waals surface area contributed by atoms with Gasteiger partial charge in [0.1, 0.15) is 24.4 Å². The summed E-state index contributed by atoms with van der Waals surface area (Å²) in [6, 6.07) is 0. The van der Waals surface area contributed by atoms with Crippen LogP contribution in [0.5, 0.6) is 0 Å². The highest BCUT2D eigenvalue weighted by Crippen LogP contribution is 2.08. The summed E-state index contributed by atoms with van der Waals surface area (Å²) < 4.78 is 9.16. The molecule has 0 aliphatic heterocycles. The molecule has 0 saturated heterocycles. The van der Waals surface area contributed by atoms with Crippen LogP contribution in [0.1, 0.15) is 44.9 Å². The van der Waals surface area contributed by atoms with Gasteiger partial charge < -0.3 is 39.8 Å². The van der Waals surface area contributed by atoms with Crippen molar-refractivity contribution in [3.05, 3.63) is 25.7 Å². The Bertz CT molecular complexity index is 454. The first-order valence-electron chi connectivity index (χ1n) is 9.14. The first kappa shape index (κ1) is 29.1. The molecule has 0 saturated carbocycles. The van der Waals surface area contributed by atoms with Crippen LogP contribution in [0.2, 0.25) is 0 Å². The van der Waals surface area contributed by atoms with Gasteiger partial charge in [0, 0.05) is 12.8 Å². The number of hydrogen-bond acceptors (Lipinski definition) is 10. The lowest BCUT2D eigenvalue weighted by atomic mass is 10.0. The van der Waals surface area contributed by atoms with E-state index in [1.807, 2.05) is 0 Å². The maximum Gasteiger partial charge on any atom is 0.310 e.